The van der Waals surface area contributed by atoms with Gasteiger partial charge >= 0.3 is 6.18 Å². The van der Waals surface area contributed by atoms with Gasteiger partial charge < -0.3 is 10.2 Å². The summed E-state index contributed by atoms with van der Waals surface area (Å²) in [4.78, 5) is 2.36. The lowest BCUT2D eigenvalue weighted by Crippen LogP contribution is -2.30. The summed E-state index contributed by atoms with van der Waals surface area (Å²) in [5, 5.41) is 13.8. The topological polar surface area (TPSA) is 58.4 Å². The van der Waals surface area contributed by atoms with Crippen LogP contribution in [0.2, 0.25) is 0 Å². The van der Waals surface area contributed by atoms with Crippen molar-refractivity contribution in [2.24, 2.45) is 0 Å². The van der Waals surface area contributed by atoms with Gasteiger partial charge in [0, 0.05) is 25.3 Å². The van der Waals surface area contributed by atoms with Crippen molar-refractivity contribution in [1.82, 2.24) is 19.8 Å². The average Bonchev–Trinajstić information content (AvgIpc) is 3.11. The van der Waals surface area contributed by atoms with Crippen LogP contribution in [0.4, 0.5) is 24.7 Å². The zero-order valence-electron chi connectivity index (χ0n) is 14.6. The van der Waals surface area contributed by atoms with E-state index in [2.05, 4.69) is 31.6 Å². The fourth-order valence-corrected chi connectivity index (χ4v) is 3.35. The Bertz CT molecular complexity index is 930. The highest BCUT2D eigenvalue weighted by Crippen LogP contribution is 2.28. The molecule has 6 nitrogen and oxygen atoms in total. The Hall–Kier alpha value is -2.84. The Morgan fingerprint density at radius 1 is 0.963 bits per heavy atom. The number of halogens is 3. The Balaban J connectivity index is 1.55. The number of hydrogen-bond acceptors (Lipinski definition) is 5. The molecule has 0 bridgehead atoms. The lowest BCUT2D eigenvalue weighted by atomic mass is 10.1. The SMILES string of the molecule is FC(F)(F)c1nnc2ccc(NCc3ccccc3N3CCCCC3)nn12. The molecule has 4 rings (SSSR count). The molecule has 1 N–H and O–H groups in total. The van der Waals surface area contributed by atoms with Gasteiger partial charge in [0.05, 0.1) is 0 Å². The first-order valence-electron chi connectivity index (χ1n) is 8.89. The molecule has 0 atom stereocenters. The standard InChI is InChI=1S/C18H19F3N6/c19-18(20,21)17-24-23-16-9-8-15(25-27(16)17)22-12-13-6-2-3-7-14(13)26-10-4-1-5-11-26/h2-3,6-9H,1,4-5,10-12H2,(H,22,25). The summed E-state index contributed by atoms with van der Waals surface area (Å²) in [5.74, 6) is -0.795. The van der Waals surface area contributed by atoms with Crippen molar-refractivity contribution >= 4 is 17.2 Å². The fraction of sp³-hybridized carbons (Fsp3) is 0.389. The van der Waals surface area contributed by atoms with Gasteiger partial charge in [0.25, 0.3) is 5.82 Å². The van der Waals surface area contributed by atoms with Crippen molar-refractivity contribution in [3.05, 3.63) is 47.8 Å². The summed E-state index contributed by atoms with van der Waals surface area (Å²) in [6.07, 6.45) is -1.01. The first kappa shape index (κ1) is 17.6. The summed E-state index contributed by atoms with van der Waals surface area (Å²) >= 11 is 0. The summed E-state index contributed by atoms with van der Waals surface area (Å²) in [6.45, 7) is 2.52. The first-order chi connectivity index (χ1) is 13.0. The maximum absolute atomic E-state index is 13.0. The van der Waals surface area contributed by atoms with Gasteiger partial charge in [-0.2, -0.15) is 17.7 Å². The predicted molar refractivity (Wildman–Crippen MR) is 95.6 cm³/mol. The Labute approximate surface area is 154 Å². The number of anilines is 2. The van der Waals surface area contributed by atoms with Crippen LogP contribution in [-0.4, -0.2) is 32.9 Å². The minimum Gasteiger partial charge on any atom is -0.371 e. The monoisotopic (exact) mass is 376 g/mol. The van der Waals surface area contributed by atoms with E-state index < -0.39 is 12.0 Å². The molecule has 3 aromatic rings. The van der Waals surface area contributed by atoms with Crippen LogP contribution in [0, 0.1) is 0 Å². The van der Waals surface area contributed by atoms with Gasteiger partial charge in [-0.15, -0.1) is 15.3 Å². The maximum Gasteiger partial charge on any atom is 0.453 e. The molecule has 27 heavy (non-hydrogen) atoms. The maximum atomic E-state index is 13.0. The van der Waals surface area contributed by atoms with E-state index in [-0.39, 0.29) is 5.65 Å². The van der Waals surface area contributed by atoms with E-state index in [9.17, 15) is 13.2 Å². The van der Waals surface area contributed by atoms with Crippen LogP contribution in [0.1, 0.15) is 30.7 Å². The lowest BCUT2D eigenvalue weighted by molar-refractivity contribution is -0.146. The second-order valence-electron chi connectivity index (χ2n) is 6.54. The predicted octanol–water partition coefficient (Wildman–Crippen LogP) is 3.75. The number of fused-ring (bicyclic) bond motifs is 1. The van der Waals surface area contributed by atoms with E-state index in [1.807, 2.05) is 18.2 Å². The Kier molecular flexibility index (Phi) is 4.59. The molecule has 1 aromatic carbocycles. The second-order valence-corrected chi connectivity index (χ2v) is 6.54. The van der Waals surface area contributed by atoms with Crippen LogP contribution in [0.15, 0.2) is 36.4 Å². The summed E-state index contributed by atoms with van der Waals surface area (Å²) in [7, 11) is 0. The van der Waals surface area contributed by atoms with E-state index in [0.717, 1.165) is 28.9 Å². The lowest BCUT2D eigenvalue weighted by Gasteiger charge is -2.30. The number of nitrogens with one attached hydrogen (secondary N) is 1. The van der Waals surface area contributed by atoms with Crippen molar-refractivity contribution in [1.29, 1.82) is 0 Å². The largest absolute Gasteiger partial charge is 0.453 e. The highest BCUT2D eigenvalue weighted by atomic mass is 19.4. The molecule has 0 aliphatic carbocycles. The van der Waals surface area contributed by atoms with Crippen LogP contribution in [0.5, 0.6) is 0 Å². The van der Waals surface area contributed by atoms with Crippen LogP contribution >= 0.6 is 0 Å². The minimum absolute atomic E-state index is 0.0570. The Morgan fingerprint density at radius 3 is 2.52 bits per heavy atom. The molecule has 1 aliphatic heterocycles. The van der Waals surface area contributed by atoms with E-state index in [1.165, 1.54) is 25.3 Å². The van der Waals surface area contributed by atoms with Gasteiger partial charge in [0.1, 0.15) is 5.82 Å². The Morgan fingerprint density at radius 2 is 1.74 bits per heavy atom. The quantitative estimate of drug-likeness (QED) is 0.752. The van der Waals surface area contributed by atoms with Crippen molar-refractivity contribution in [2.45, 2.75) is 32.0 Å². The number of rotatable bonds is 4. The number of piperidine rings is 1. The molecule has 0 saturated carbocycles. The zero-order valence-corrected chi connectivity index (χ0v) is 14.6. The van der Waals surface area contributed by atoms with Gasteiger partial charge in [-0.05, 0) is 43.0 Å². The normalized spacial score (nSPS) is 15.3. The van der Waals surface area contributed by atoms with E-state index in [1.54, 1.807) is 6.07 Å². The smallest absolute Gasteiger partial charge is 0.371 e. The van der Waals surface area contributed by atoms with Gasteiger partial charge in [0.2, 0.25) is 0 Å². The molecule has 3 heterocycles. The van der Waals surface area contributed by atoms with Crippen LogP contribution in [-0.2, 0) is 12.7 Å². The first-order valence-corrected chi connectivity index (χ1v) is 8.89. The zero-order chi connectivity index (χ0) is 18.9. The summed E-state index contributed by atoms with van der Waals surface area (Å²) in [6, 6.07) is 11.1. The fourth-order valence-electron chi connectivity index (χ4n) is 3.35. The molecule has 0 amide bonds. The number of alkyl halides is 3. The van der Waals surface area contributed by atoms with E-state index in [0.29, 0.717) is 12.4 Å². The third-order valence-electron chi connectivity index (χ3n) is 4.66. The van der Waals surface area contributed by atoms with Crippen molar-refractivity contribution < 1.29 is 13.2 Å². The van der Waals surface area contributed by atoms with Crippen LogP contribution in [0.25, 0.3) is 5.65 Å². The van der Waals surface area contributed by atoms with Gasteiger partial charge in [0.15, 0.2) is 5.65 Å². The van der Waals surface area contributed by atoms with Crippen molar-refractivity contribution in [3.8, 4) is 0 Å². The molecule has 0 unspecified atom stereocenters. The average molecular weight is 376 g/mol. The van der Waals surface area contributed by atoms with Gasteiger partial charge in [-0.1, -0.05) is 18.2 Å². The third-order valence-corrected chi connectivity index (χ3v) is 4.66. The van der Waals surface area contributed by atoms with Crippen molar-refractivity contribution in [2.75, 3.05) is 23.3 Å². The molecule has 0 radical (unpaired) electrons. The van der Waals surface area contributed by atoms with Crippen molar-refractivity contribution in [3.63, 3.8) is 0 Å². The van der Waals surface area contributed by atoms with Crippen LogP contribution < -0.4 is 10.2 Å². The number of benzene rings is 1. The number of hydrogen-bond donors (Lipinski definition) is 1. The number of aromatic nitrogens is 4. The van der Waals surface area contributed by atoms with E-state index in [4.69, 9.17) is 0 Å². The van der Waals surface area contributed by atoms with E-state index >= 15 is 0 Å². The molecule has 142 valence electrons. The molecule has 1 aliphatic rings. The molecular formula is C18H19F3N6. The number of para-hydroxylation sites is 1. The molecular weight excluding hydrogens is 357 g/mol. The minimum atomic E-state index is -4.61. The highest BCUT2D eigenvalue weighted by Gasteiger charge is 2.37. The second kappa shape index (κ2) is 7.05. The number of nitrogens with zero attached hydrogens (tertiary/aromatic N) is 5. The third kappa shape index (κ3) is 3.67. The van der Waals surface area contributed by atoms with Gasteiger partial charge in [-0.3, -0.25) is 0 Å². The van der Waals surface area contributed by atoms with Crippen LogP contribution in [0.3, 0.4) is 0 Å². The molecule has 1 fully saturated rings. The van der Waals surface area contributed by atoms with Gasteiger partial charge in [-0.25, -0.2) is 0 Å². The molecule has 9 heteroatoms. The summed E-state index contributed by atoms with van der Waals surface area (Å²) in [5.41, 5.74) is 2.30. The summed E-state index contributed by atoms with van der Waals surface area (Å²) < 4.78 is 39.7. The highest BCUT2D eigenvalue weighted by molar-refractivity contribution is 5.55. The molecule has 0 spiro atoms. The molecule has 2 aromatic heterocycles. The molecule has 1 saturated heterocycles.